The van der Waals surface area contributed by atoms with Crippen molar-refractivity contribution >= 4 is 17.4 Å². The van der Waals surface area contributed by atoms with Crippen LogP contribution in [0.25, 0.3) is 5.57 Å². The number of nitrogens with zero attached hydrogens (tertiary/aromatic N) is 1. The van der Waals surface area contributed by atoms with E-state index in [1.807, 2.05) is 32.9 Å². The van der Waals surface area contributed by atoms with Gasteiger partial charge in [0.2, 0.25) is 0 Å². The van der Waals surface area contributed by atoms with Gasteiger partial charge in [0.1, 0.15) is 11.4 Å². The molecule has 1 fully saturated rings. The number of ether oxygens (including phenoxy) is 2. The van der Waals surface area contributed by atoms with Crippen molar-refractivity contribution < 1.29 is 33.7 Å². The number of benzene rings is 1. The van der Waals surface area contributed by atoms with E-state index < -0.39 is 24.1 Å². The molecule has 8 heteroatoms. The highest BCUT2D eigenvalue weighted by molar-refractivity contribution is 5.83. The zero-order valence-corrected chi connectivity index (χ0v) is 21.0. The SMILES string of the molecule is CC(C)(C)OC(=O)N1CCC(COc2ccc(C3=CCC(C(=O)C[C@H](O)CO)CC3)cc2F)CC1. The lowest BCUT2D eigenvalue weighted by molar-refractivity contribution is -0.125. The number of halogens is 1. The number of Topliss-reactive ketones (excluding diaryl/α,β-unsaturated/α-hetero) is 1. The normalized spacial score (nSPS) is 20.2. The monoisotopic (exact) mass is 491 g/mol. The number of allylic oxidation sites excluding steroid dienone is 2. The van der Waals surface area contributed by atoms with Gasteiger partial charge in [0.25, 0.3) is 0 Å². The van der Waals surface area contributed by atoms with Crippen LogP contribution in [-0.4, -0.2) is 65.0 Å². The molecule has 0 radical (unpaired) electrons. The number of carbonyl (C=O) groups is 2. The average molecular weight is 492 g/mol. The van der Waals surface area contributed by atoms with Gasteiger partial charge in [-0.25, -0.2) is 9.18 Å². The Kier molecular flexibility index (Phi) is 9.30. The van der Waals surface area contributed by atoms with Crippen LogP contribution >= 0.6 is 0 Å². The number of aliphatic hydroxyl groups is 2. The van der Waals surface area contributed by atoms with Crippen molar-refractivity contribution in [2.45, 2.75) is 71.0 Å². The summed E-state index contributed by atoms with van der Waals surface area (Å²) in [4.78, 5) is 26.1. The van der Waals surface area contributed by atoms with Crippen molar-refractivity contribution in [1.29, 1.82) is 0 Å². The van der Waals surface area contributed by atoms with Crippen molar-refractivity contribution in [1.82, 2.24) is 4.90 Å². The van der Waals surface area contributed by atoms with Crippen LogP contribution in [0.3, 0.4) is 0 Å². The van der Waals surface area contributed by atoms with Gasteiger partial charge in [-0.05, 0) is 82.1 Å². The standard InChI is InChI=1S/C27H38FNO6/c1-27(2,3)35-26(33)29-12-10-18(11-13-29)17-34-25-9-8-21(14-23(25)28)19-4-6-20(7-5-19)24(32)15-22(31)16-30/h4,8-9,14,18,20,22,30-31H,5-7,10-13,15-17H2,1-3H3/t20?,22-/m0/s1. The molecule has 0 bridgehead atoms. The number of piperidine rings is 1. The number of amides is 1. The van der Waals surface area contributed by atoms with Crippen molar-refractivity contribution in [3.63, 3.8) is 0 Å². The molecule has 0 aromatic heterocycles. The topological polar surface area (TPSA) is 96.3 Å². The lowest BCUT2D eigenvalue weighted by atomic mass is 9.83. The largest absolute Gasteiger partial charge is 0.490 e. The number of likely N-dealkylation sites (tertiary alicyclic amines) is 1. The first-order valence-corrected chi connectivity index (χ1v) is 12.5. The second-order valence-corrected chi connectivity index (χ2v) is 10.6. The fraction of sp³-hybridized carbons (Fsp3) is 0.630. The molecule has 0 spiro atoms. The molecule has 1 heterocycles. The third-order valence-corrected chi connectivity index (χ3v) is 6.56. The number of hydrogen-bond donors (Lipinski definition) is 2. The summed E-state index contributed by atoms with van der Waals surface area (Å²) in [6.07, 6.45) is 4.03. The zero-order chi connectivity index (χ0) is 25.6. The third-order valence-electron chi connectivity index (χ3n) is 6.56. The summed E-state index contributed by atoms with van der Waals surface area (Å²) in [6, 6.07) is 4.97. The maximum atomic E-state index is 14.7. The van der Waals surface area contributed by atoms with Crippen LogP contribution in [0.15, 0.2) is 24.3 Å². The summed E-state index contributed by atoms with van der Waals surface area (Å²) < 4.78 is 25.9. The summed E-state index contributed by atoms with van der Waals surface area (Å²) in [7, 11) is 0. The highest BCUT2D eigenvalue weighted by atomic mass is 19.1. The Bertz CT molecular complexity index is 917. The van der Waals surface area contributed by atoms with Crippen LogP contribution in [0.2, 0.25) is 0 Å². The van der Waals surface area contributed by atoms with Gasteiger partial charge >= 0.3 is 6.09 Å². The molecule has 35 heavy (non-hydrogen) atoms. The molecule has 194 valence electrons. The van der Waals surface area contributed by atoms with E-state index in [2.05, 4.69) is 0 Å². The Labute approximate surface area is 206 Å². The van der Waals surface area contributed by atoms with Gasteiger partial charge in [-0.2, -0.15) is 0 Å². The minimum atomic E-state index is -1.01. The Morgan fingerprint density at radius 2 is 1.91 bits per heavy atom. The first-order chi connectivity index (χ1) is 16.6. The molecule has 1 aliphatic heterocycles. The van der Waals surface area contributed by atoms with Gasteiger partial charge in [0, 0.05) is 25.4 Å². The van der Waals surface area contributed by atoms with Crippen molar-refractivity contribution in [3.8, 4) is 5.75 Å². The lowest BCUT2D eigenvalue weighted by Gasteiger charge is -2.33. The minimum Gasteiger partial charge on any atom is -0.490 e. The zero-order valence-electron chi connectivity index (χ0n) is 21.0. The van der Waals surface area contributed by atoms with E-state index in [4.69, 9.17) is 14.6 Å². The molecule has 2 N–H and O–H groups in total. The van der Waals surface area contributed by atoms with Crippen LogP contribution in [0, 0.1) is 17.7 Å². The van der Waals surface area contributed by atoms with Crippen LogP contribution in [0.1, 0.15) is 64.9 Å². The molecule has 2 atom stereocenters. The van der Waals surface area contributed by atoms with E-state index in [-0.39, 0.29) is 35.9 Å². The van der Waals surface area contributed by atoms with Crippen LogP contribution < -0.4 is 4.74 Å². The Balaban J connectivity index is 1.47. The molecule has 1 unspecified atom stereocenters. The van der Waals surface area contributed by atoms with Crippen molar-refractivity contribution in [2.75, 3.05) is 26.3 Å². The molecule has 7 nitrogen and oxygen atoms in total. The van der Waals surface area contributed by atoms with Gasteiger partial charge in [-0.15, -0.1) is 0 Å². The van der Waals surface area contributed by atoms with Gasteiger partial charge in [-0.1, -0.05) is 12.1 Å². The summed E-state index contributed by atoms with van der Waals surface area (Å²) >= 11 is 0. The van der Waals surface area contributed by atoms with E-state index in [1.54, 1.807) is 11.0 Å². The highest BCUT2D eigenvalue weighted by Gasteiger charge is 2.28. The number of hydrogen-bond acceptors (Lipinski definition) is 6. The Morgan fingerprint density at radius 1 is 1.20 bits per heavy atom. The van der Waals surface area contributed by atoms with Crippen LogP contribution in [0.4, 0.5) is 9.18 Å². The van der Waals surface area contributed by atoms with Crippen molar-refractivity contribution in [2.24, 2.45) is 11.8 Å². The molecule has 3 rings (SSSR count). The van der Waals surface area contributed by atoms with E-state index in [1.165, 1.54) is 6.07 Å². The van der Waals surface area contributed by atoms with Gasteiger partial charge in [-0.3, -0.25) is 4.79 Å². The molecule has 1 aromatic carbocycles. The second-order valence-electron chi connectivity index (χ2n) is 10.6. The summed E-state index contributed by atoms with van der Waals surface area (Å²) in [6.45, 7) is 6.72. The van der Waals surface area contributed by atoms with E-state index in [0.29, 0.717) is 39.0 Å². The molecular weight excluding hydrogens is 453 g/mol. The van der Waals surface area contributed by atoms with Gasteiger partial charge in [0.15, 0.2) is 11.6 Å². The first kappa shape index (κ1) is 27.1. The molecule has 1 aliphatic carbocycles. The third kappa shape index (κ3) is 8.04. The fourth-order valence-electron chi connectivity index (χ4n) is 4.49. The minimum absolute atomic E-state index is 0.0367. The molecule has 2 aliphatic rings. The maximum absolute atomic E-state index is 14.7. The van der Waals surface area contributed by atoms with Crippen LogP contribution in [-0.2, 0) is 9.53 Å². The van der Waals surface area contributed by atoms with E-state index in [0.717, 1.165) is 24.0 Å². The number of ketones is 1. The Morgan fingerprint density at radius 3 is 2.49 bits per heavy atom. The smallest absolute Gasteiger partial charge is 0.410 e. The fourth-order valence-corrected chi connectivity index (χ4v) is 4.49. The molecular formula is C27H38FNO6. The molecule has 1 aromatic rings. The lowest BCUT2D eigenvalue weighted by Crippen LogP contribution is -2.42. The molecule has 0 saturated carbocycles. The summed E-state index contributed by atoms with van der Waals surface area (Å²) in [5, 5.41) is 18.4. The van der Waals surface area contributed by atoms with E-state index >= 15 is 0 Å². The highest BCUT2D eigenvalue weighted by Crippen LogP contribution is 2.33. The quantitative estimate of drug-likeness (QED) is 0.561. The van der Waals surface area contributed by atoms with Crippen LogP contribution in [0.5, 0.6) is 5.75 Å². The maximum Gasteiger partial charge on any atom is 0.410 e. The number of carbonyl (C=O) groups excluding carboxylic acids is 2. The summed E-state index contributed by atoms with van der Waals surface area (Å²) in [5.74, 6) is -0.180. The van der Waals surface area contributed by atoms with E-state index in [9.17, 15) is 19.1 Å². The first-order valence-electron chi connectivity index (χ1n) is 12.5. The van der Waals surface area contributed by atoms with Crippen molar-refractivity contribution in [3.05, 3.63) is 35.7 Å². The molecule has 1 amide bonds. The number of aliphatic hydroxyl groups excluding tert-OH is 2. The predicted molar refractivity (Wildman–Crippen MR) is 130 cm³/mol. The predicted octanol–water partition coefficient (Wildman–Crippen LogP) is 4.35. The second kappa shape index (κ2) is 12.0. The van der Waals surface area contributed by atoms with Gasteiger partial charge < -0.3 is 24.6 Å². The number of rotatable bonds is 8. The summed E-state index contributed by atoms with van der Waals surface area (Å²) in [5.41, 5.74) is 1.26. The molecule has 1 saturated heterocycles. The van der Waals surface area contributed by atoms with Gasteiger partial charge in [0.05, 0.1) is 19.3 Å². The Hall–Kier alpha value is -2.45. The average Bonchev–Trinajstić information content (AvgIpc) is 2.82.